The van der Waals surface area contributed by atoms with Crippen molar-refractivity contribution in [3.63, 3.8) is 0 Å². The largest absolute Gasteiger partial charge is 0.462 e. The van der Waals surface area contributed by atoms with Crippen LogP contribution in [0.1, 0.15) is 17.3 Å². The van der Waals surface area contributed by atoms with E-state index < -0.39 is 5.97 Å². The summed E-state index contributed by atoms with van der Waals surface area (Å²) in [6.45, 7) is 1.97. The smallest absolute Gasteiger partial charge is 0.341 e. The van der Waals surface area contributed by atoms with Gasteiger partial charge in [0.25, 0.3) is 0 Å². The van der Waals surface area contributed by atoms with Crippen molar-refractivity contribution in [2.24, 2.45) is 0 Å². The monoisotopic (exact) mass is 297 g/mol. The second-order valence-corrected chi connectivity index (χ2v) is 3.84. The Balaban J connectivity index is 3.18. The van der Waals surface area contributed by atoms with Crippen LogP contribution in [0.3, 0.4) is 0 Å². The molecule has 1 aromatic heterocycles. The summed E-state index contributed by atoms with van der Waals surface area (Å²) >= 11 is 14.7. The molecule has 6 heteroatoms. The minimum Gasteiger partial charge on any atom is -0.462 e. The average Bonchev–Trinajstić information content (AvgIpc) is 2.13. The number of hydrogen-bond acceptors (Lipinski definition) is 3. The molecule has 1 heterocycles. The van der Waals surface area contributed by atoms with E-state index in [1.54, 1.807) is 6.92 Å². The third kappa shape index (κ3) is 2.38. The quantitative estimate of drug-likeness (QED) is 0.621. The number of aromatic nitrogens is 1. The van der Waals surface area contributed by atoms with Gasteiger partial charge in [0.15, 0.2) is 0 Å². The SMILES string of the molecule is CCOC(=O)c1c(Cl)cnc(Br)c1Cl. The molecule has 76 valence electrons. The van der Waals surface area contributed by atoms with Crippen LogP contribution in [0.5, 0.6) is 0 Å². The molecule has 0 saturated heterocycles. The molecule has 14 heavy (non-hydrogen) atoms. The summed E-state index contributed by atoms with van der Waals surface area (Å²) in [5, 5.41) is 0.340. The van der Waals surface area contributed by atoms with Gasteiger partial charge in [0.2, 0.25) is 0 Å². The van der Waals surface area contributed by atoms with Crippen LogP contribution in [0.2, 0.25) is 10.0 Å². The Hall–Kier alpha value is -0.320. The van der Waals surface area contributed by atoms with Crippen LogP contribution in [0.25, 0.3) is 0 Å². The molecule has 0 radical (unpaired) electrons. The molecule has 1 rings (SSSR count). The lowest BCUT2D eigenvalue weighted by molar-refractivity contribution is 0.0526. The highest BCUT2D eigenvalue weighted by Crippen LogP contribution is 2.29. The van der Waals surface area contributed by atoms with E-state index in [1.807, 2.05) is 0 Å². The summed E-state index contributed by atoms with van der Waals surface area (Å²) in [6, 6.07) is 0. The van der Waals surface area contributed by atoms with E-state index in [2.05, 4.69) is 20.9 Å². The van der Waals surface area contributed by atoms with Crippen LogP contribution in [0, 0.1) is 0 Å². The minimum absolute atomic E-state index is 0.136. The molecule has 0 unspecified atom stereocenters. The molecule has 1 aromatic rings. The van der Waals surface area contributed by atoms with E-state index in [1.165, 1.54) is 6.20 Å². The lowest BCUT2D eigenvalue weighted by atomic mass is 10.3. The molecule has 0 spiro atoms. The van der Waals surface area contributed by atoms with Crippen molar-refractivity contribution < 1.29 is 9.53 Å². The van der Waals surface area contributed by atoms with Gasteiger partial charge >= 0.3 is 5.97 Å². The first-order chi connectivity index (χ1) is 6.57. The van der Waals surface area contributed by atoms with Gasteiger partial charge in [-0.05, 0) is 22.9 Å². The zero-order chi connectivity index (χ0) is 10.7. The molecule has 0 aromatic carbocycles. The lowest BCUT2D eigenvalue weighted by Crippen LogP contribution is -2.07. The molecule has 0 fully saturated rings. The third-order valence-corrected chi connectivity index (χ3v) is 2.89. The van der Waals surface area contributed by atoms with E-state index in [4.69, 9.17) is 27.9 Å². The first-order valence-corrected chi connectivity index (χ1v) is 5.29. The Kier molecular flexibility index (Phi) is 4.16. The normalized spacial score (nSPS) is 10.0. The topological polar surface area (TPSA) is 39.2 Å². The molecule has 0 atom stereocenters. The summed E-state index contributed by atoms with van der Waals surface area (Å²) in [7, 11) is 0. The second-order valence-electron chi connectivity index (χ2n) is 2.31. The van der Waals surface area contributed by atoms with Crippen LogP contribution in [0.4, 0.5) is 0 Å². The molecule has 0 bridgehead atoms. The minimum atomic E-state index is -0.550. The van der Waals surface area contributed by atoms with E-state index in [-0.39, 0.29) is 22.2 Å². The molecule has 0 N–H and O–H groups in total. The Morgan fingerprint density at radius 1 is 1.64 bits per heavy atom. The van der Waals surface area contributed by atoms with Crippen LogP contribution in [-0.4, -0.2) is 17.6 Å². The van der Waals surface area contributed by atoms with Gasteiger partial charge in [-0.25, -0.2) is 9.78 Å². The molecule has 0 amide bonds. The number of carbonyl (C=O) groups is 1. The van der Waals surface area contributed by atoms with Gasteiger partial charge in [0, 0.05) is 6.20 Å². The summed E-state index contributed by atoms with van der Waals surface area (Å²) in [6.07, 6.45) is 1.34. The highest BCUT2D eigenvalue weighted by molar-refractivity contribution is 9.10. The first-order valence-electron chi connectivity index (χ1n) is 3.74. The molecule has 0 aliphatic heterocycles. The average molecular weight is 299 g/mol. The van der Waals surface area contributed by atoms with Crippen LogP contribution >= 0.6 is 39.1 Å². The molecule has 0 aliphatic carbocycles. The van der Waals surface area contributed by atoms with Crippen LogP contribution < -0.4 is 0 Å². The van der Waals surface area contributed by atoms with Gasteiger partial charge in [-0.1, -0.05) is 23.2 Å². The summed E-state index contributed by atoms with van der Waals surface area (Å²) in [4.78, 5) is 15.2. The highest BCUT2D eigenvalue weighted by atomic mass is 79.9. The number of pyridine rings is 1. The number of ether oxygens (including phenoxy) is 1. The summed E-state index contributed by atoms with van der Waals surface area (Å²) < 4.78 is 5.16. The summed E-state index contributed by atoms with van der Waals surface area (Å²) in [5.41, 5.74) is 0.136. The number of halogens is 3. The van der Waals surface area contributed by atoms with Gasteiger partial charge in [0.1, 0.15) is 10.2 Å². The molecular weight excluding hydrogens is 293 g/mol. The van der Waals surface area contributed by atoms with Crippen LogP contribution in [-0.2, 0) is 4.74 Å². The molecule has 3 nitrogen and oxygen atoms in total. The zero-order valence-corrected chi connectivity index (χ0v) is 10.3. The van der Waals surface area contributed by atoms with E-state index in [9.17, 15) is 4.79 Å². The van der Waals surface area contributed by atoms with Crippen molar-refractivity contribution in [3.05, 3.63) is 26.4 Å². The predicted octanol–water partition coefficient (Wildman–Crippen LogP) is 3.33. The first kappa shape index (κ1) is 11.8. The number of rotatable bonds is 2. The van der Waals surface area contributed by atoms with Crippen molar-refractivity contribution in [2.75, 3.05) is 6.61 Å². The number of esters is 1. The van der Waals surface area contributed by atoms with Gasteiger partial charge in [-0.2, -0.15) is 0 Å². The number of carbonyl (C=O) groups excluding carboxylic acids is 1. The number of hydrogen-bond donors (Lipinski definition) is 0. The van der Waals surface area contributed by atoms with E-state index in [0.29, 0.717) is 4.60 Å². The van der Waals surface area contributed by atoms with Gasteiger partial charge in [-0.3, -0.25) is 0 Å². The fourth-order valence-corrected chi connectivity index (χ4v) is 1.63. The molecule has 0 aliphatic rings. The van der Waals surface area contributed by atoms with Crippen molar-refractivity contribution in [1.82, 2.24) is 4.98 Å². The molecular formula is C8H6BrCl2NO2. The van der Waals surface area contributed by atoms with E-state index >= 15 is 0 Å². The van der Waals surface area contributed by atoms with Crippen molar-refractivity contribution in [2.45, 2.75) is 6.92 Å². The Morgan fingerprint density at radius 3 is 2.86 bits per heavy atom. The number of nitrogens with zero attached hydrogens (tertiary/aromatic N) is 1. The maximum atomic E-state index is 11.4. The Bertz CT molecular complexity index is 371. The highest BCUT2D eigenvalue weighted by Gasteiger charge is 2.18. The van der Waals surface area contributed by atoms with Crippen molar-refractivity contribution >= 4 is 45.1 Å². The van der Waals surface area contributed by atoms with Gasteiger partial charge in [0.05, 0.1) is 16.7 Å². The van der Waals surface area contributed by atoms with Crippen molar-refractivity contribution in [3.8, 4) is 0 Å². The summed E-state index contributed by atoms with van der Waals surface area (Å²) in [5.74, 6) is -0.550. The Morgan fingerprint density at radius 2 is 2.29 bits per heavy atom. The maximum Gasteiger partial charge on any atom is 0.341 e. The van der Waals surface area contributed by atoms with Crippen LogP contribution in [0.15, 0.2) is 10.8 Å². The molecule has 0 saturated carbocycles. The predicted molar refractivity (Wildman–Crippen MR) is 57.9 cm³/mol. The maximum absolute atomic E-state index is 11.4. The second kappa shape index (κ2) is 4.96. The fourth-order valence-electron chi connectivity index (χ4n) is 0.833. The Labute approximate surface area is 99.5 Å². The van der Waals surface area contributed by atoms with E-state index in [0.717, 1.165) is 0 Å². The third-order valence-electron chi connectivity index (χ3n) is 1.41. The van der Waals surface area contributed by atoms with Crippen molar-refractivity contribution in [1.29, 1.82) is 0 Å². The lowest BCUT2D eigenvalue weighted by Gasteiger charge is -2.06. The zero-order valence-electron chi connectivity index (χ0n) is 7.18. The fraction of sp³-hybridized carbons (Fsp3) is 0.250. The van der Waals surface area contributed by atoms with Gasteiger partial charge < -0.3 is 4.74 Å². The van der Waals surface area contributed by atoms with Gasteiger partial charge in [-0.15, -0.1) is 0 Å². The standard InChI is InChI=1S/C8H6BrCl2NO2/c1-2-14-8(13)5-4(10)3-12-7(9)6(5)11/h3H,2H2,1H3.